The molecule has 1 aromatic carbocycles. The maximum absolute atomic E-state index is 12.4. The lowest BCUT2D eigenvalue weighted by molar-refractivity contribution is -0.122. The van der Waals surface area contributed by atoms with E-state index in [0.717, 1.165) is 31.4 Å². The molecular weight excluding hydrogens is 254 g/mol. The quantitative estimate of drug-likeness (QED) is 0.796. The number of fused-ring (bicyclic) bond motifs is 1. The summed E-state index contributed by atoms with van der Waals surface area (Å²) >= 11 is 0. The molecule has 4 nitrogen and oxygen atoms in total. The molecular formula is C16H19NO3. The van der Waals surface area contributed by atoms with Crippen LogP contribution in [0.2, 0.25) is 0 Å². The topological polar surface area (TPSA) is 46.6 Å². The molecule has 2 aliphatic rings. The Labute approximate surface area is 118 Å². The summed E-state index contributed by atoms with van der Waals surface area (Å²) in [7, 11) is 0. The van der Waals surface area contributed by atoms with Gasteiger partial charge in [0.2, 0.25) is 11.8 Å². The predicted molar refractivity (Wildman–Crippen MR) is 75.6 cm³/mol. The van der Waals surface area contributed by atoms with E-state index < -0.39 is 0 Å². The lowest BCUT2D eigenvalue weighted by atomic mass is 9.81. The molecule has 0 radical (unpaired) electrons. The number of amides is 2. The molecule has 0 bridgehead atoms. The van der Waals surface area contributed by atoms with E-state index in [4.69, 9.17) is 4.74 Å². The molecule has 4 heteroatoms. The number of ether oxygens (including phenoxy) is 1. The summed E-state index contributed by atoms with van der Waals surface area (Å²) in [5.41, 5.74) is 0.665. The Morgan fingerprint density at radius 2 is 1.60 bits per heavy atom. The van der Waals surface area contributed by atoms with Crippen molar-refractivity contribution in [2.45, 2.75) is 32.6 Å². The number of nitrogens with zero attached hydrogens (tertiary/aromatic N) is 1. The summed E-state index contributed by atoms with van der Waals surface area (Å²) in [6.45, 7) is 2.52. The van der Waals surface area contributed by atoms with Gasteiger partial charge in [-0.25, -0.2) is 0 Å². The SMILES string of the molecule is CCOc1ccc(N2C(=O)[C@H]3CCCC[C@@H]3C2=O)cc1. The number of hydrogen-bond donors (Lipinski definition) is 0. The summed E-state index contributed by atoms with van der Waals surface area (Å²) in [4.78, 5) is 26.2. The summed E-state index contributed by atoms with van der Waals surface area (Å²) in [5.74, 6) is 0.520. The van der Waals surface area contributed by atoms with Crippen LogP contribution in [-0.2, 0) is 9.59 Å². The van der Waals surface area contributed by atoms with Crippen LogP contribution < -0.4 is 9.64 Å². The minimum Gasteiger partial charge on any atom is -0.494 e. The average molecular weight is 273 g/mol. The van der Waals surface area contributed by atoms with Gasteiger partial charge in [0.15, 0.2) is 0 Å². The van der Waals surface area contributed by atoms with Gasteiger partial charge in [-0.15, -0.1) is 0 Å². The van der Waals surface area contributed by atoms with E-state index in [1.54, 1.807) is 24.3 Å². The van der Waals surface area contributed by atoms with Crippen LogP contribution in [0.5, 0.6) is 5.75 Å². The number of benzene rings is 1. The Morgan fingerprint density at radius 1 is 1.05 bits per heavy atom. The van der Waals surface area contributed by atoms with E-state index >= 15 is 0 Å². The number of hydrogen-bond acceptors (Lipinski definition) is 3. The van der Waals surface area contributed by atoms with Crippen molar-refractivity contribution >= 4 is 17.5 Å². The van der Waals surface area contributed by atoms with Crippen LogP contribution >= 0.6 is 0 Å². The minimum absolute atomic E-state index is 0.0242. The summed E-state index contributed by atoms with van der Waals surface area (Å²) in [5, 5.41) is 0. The maximum Gasteiger partial charge on any atom is 0.237 e. The highest BCUT2D eigenvalue weighted by atomic mass is 16.5. The van der Waals surface area contributed by atoms with Crippen LogP contribution in [0.1, 0.15) is 32.6 Å². The largest absolute Gasteiger partial charge is 0.494 e. The van der Waals surface area contributed by atoms with E-state index in [0.29, 0.717) is 12.3 Å². The first-order valence-electron chi connectivity index (χ1n) is 7.33. The van der Waals surface area contributed by atoms with Gasteiger partial charge < -0.3 is 4.74 Å². The van der Waals surface area contributed by atoms with E-state index in [9.17, 15) is 9.59 Å². The van der Waals surface area contributed by atoms with Crippen LogP contribution in [0.4, 0.5) is 5.69 Å². The van der Waals surface area contributed by atoms with Crippen LogP contribution in [0.25, 0.3) is 0 Å². The Morgan fingerprint density at radius 3 is 2.10 bits per heavy atom. The molecule has 1 saturated carbocycles. The molecule has 1 heterocycles. The molecule has 1 aliphatic carbocycles. The second-order valence-electron chi connectivity index (χ2n) is 5.44. The molecule has 0 unspecified atom stereocenters. The monoisotopic (exact) mass is 273 g/mol. The first kappa shape index (κ1) is 13.2. The second kappa shape index (κ2) is 5.27. The van der Waals surface area contributed by atoms with Crippen LogP contribution in [0.3, 0.4) is 0 Å². The summed E-state index contributed by atoms with van der Waals surface area (Å²) in [6.07, 6.45) is 3.81. The molecule has 0 aromatic heterocycles. The van der Waals surface area contributed by atoms with Crippen LogP contribution in [0, 0.1) is 11.8 Å². The van der Waals surface area contributed by atoms with Gasteiger partial charge in [-0.3, -0.25) is 14.5 Å². The lowest BCUT2D eigenvalue weighted by Crippen LogP contribution is -2.30. The molecule has 2 fully saturated rings. The highest BCUT2D eigenvalue weighted by Gasteiger charge is 2.48. The summed E-state index contributed by atoms with van der Waals surface area (Å²) < 4.78 is 5.38. The third-order valence-electron chi connectivity index (χ3n) is 4.25. The third kappa shape index (κ3) is 2.09. The van der Waals surface area contributed by atoms with Crippen LogP contribution in [-0.4, -0.2) is 18.4 Å². The molecule has 1 aromatic rings. The second-order valence-corrected chi connectivity index (χ2v) is 5.44. The van der Waals surface area contributed by atoms with E-state index in [-0.39, 0.29) is 23.7 Å². The van der Waals surface area contributed by atoms with Crippen LogP contribution in [0.15, 0.2) is 24.3 Å². The zero-order valence-corrected chi connectivity index (χ0v) is 11.7. The Hall–Kier alpha value is -1.84. The van der Waals surface area contributed by atoms with Gasteiger partial charge in [0, 0.05) is 0 Å². The summed E-state index contributed by atoms with van der Waals surface area (Å²) in [6, 6.07) is 7.19. The highest BCUT2D eigenvalue weighted by Crippen LogP contribution is 2.40. The lowest BCUT2D eigenvalue weighted by Gasteiger charge is -2.19. The molecule has 2 amide bonds. The first-order valence-corrected chi connectivity index (χ1v) is 7.33. The van der Waals surface area contributed by atoms with Crippen molar-refractivity contribution < 1.29 is 14.3 Å². The van der Waals surface area contributed by atoms with Crippen molar-refractivity contribution in [1.82, 2.24) is 0 Å². The number of carbonyl (C=O) groups is 2. The van der Waals surface area contributed by atoms with Gasteiger partial charge in [0.1, 0.15) is 5.75 Å². The maximum atomic E-state index is 12.4. The van der Waals surface area contributed by atoms with E-state index in [2.05, 4.69) is 0 Å². The van der Waals surface area contributed by atoms with Gasteiger partial charge in [-0.1, -0.05) is 12.8 Å². The number of imide groups is 1. The normalized spacial score (nSPS) is 25.8. The number of rotatable bonds is 3. The van der Waals surface area contributed by atoms with Crippen molar-refractivity contribution in [3.63, 3.8) is 0 Å². The minimum atomic E-state index is -0.0946. The first-order chi connectivity index (χ1) is 9.72. The standard InChI is InChI=1S/C16H19NO3/c1-2-20-12-9-7-11(8-10-12)17-15(18)13-5-3-4-6-14(13)16(17)19/h7-10,13-14H,2-6H2,1H3/t13-,14-/m0/s1. The zero-order valence-electron chi connectivity index (χ0n) is 11.7. The fourth-order valence-electron chi connectivity index (χ4n) is 3.27. The van der Waals surface area contributed by atoms with Gasteiger partial charge in [0.25, 0.3) is 0 Å². The number of carbonyl (C=O) groups excluding carboxylic acids is 2. The fraction of sp³-hybridized carbons (Fsp3) is 0.500. The molecule has 3 rings (SSSR count). The van der Waals surface area contributed by atoms with Crippen molar-refractivity contribution in [3.8, 4) is 5.75 Å². The average Bonchev–Trinajstić information content (AvgIpc) is 2.73. The molecule has 2 atom stereocenters. The molecule has 0 spiro atoms. The van der Waals surface area contributed by atoms with Crippen molar-refractivity contribution in [1.29, 1.82) is 0 Å². The molecule has 20 heavy (non-hydrogen) atoms. The van der Waals surface area contributed by atoms with E-state index in [1.807, 2.05) is 6.92 Å². The van der Waals surface area contributed by atoms with Crippen molar-refractivity contribution in [2.75, 3.05) is 11.5 Å². The predicted octanol–water partition coefficient (Wildman–Crippen LogP) is 2.76. The fourth-order valence-corrected chi connectivity index (χ4v) is 3.27. The zero-order chi connectivity index (χ0) is 14.1. The molecule has 0 N–H and O–H groups in total. The smallest absolute Gasteiger partial charge is 0.237 e. The Bertz CT molecular complexity index is 499. The van der Waals surface area contributed by atoms with Gasteiger partial charge in [0.05, 0.1) is 24.1 Å². The van der Waals surface area contributed by atoms with Crippen molar-refractivity contribution in [3.05, 3.63) is 24.3 Å². The van der Waals surface area contributed by atoms with Gasteiger partial charge in [-0.05, 0) is 44.0 Å². The van der Waals surface area contributed by atoms with Gasteiger partial charge in [-0.2, -0.15) is 0 Å². The Balaban J connectivity index is 1.85. The molecule has 1 aliphatic heterocycles. The van der Waals surface area contributed by atoms with Crippen molar-refractivity contribution in [2.24, 2.45) is 11.8 Å². The third-order valence-corrected chi connectivity index (χ3v) is 4.25. The molecule has 106 valence electrons. The Kier molecular flexibility index (Phi) is 3.47. The highest BCUT2D eigenvalue weighted by molar-refractivity contribution is 6.22. The molecule has 1 saturated heterocycles. The number of anilines is 1. The van der Waals surface area contributed by atoms with E-state index in [1.165, 1.54) is 4.90 Å². The van der Waals surface area contributed by atoms with Gasteiger partial charge >= 0.3 is 0 Å².